The summed E-state index contributed by atoms with van der Waals surface area (Å²) in [7, 11) is 0. The van der Waals surface area contributed by atoms with Crippen LogP contribution < -0.4 is 24.2 Å². The fourth-order valence-electron chi connectivity index (χ4n) is 4.12. The van der Waals surface area contributed by atoms with Gasteiger partial charge in [0.25, 0.3) is 22.7 Å². The molecule has 0 saturated heterocycles. The number of benzene rings is 2. The second-order valence-electron chi connectivity index (χ2n) is 7.64. The van der Waals surface area contributed by atoms with Gasteiger partial charge in [-0.2, -0.15) is 0 Å². The number of amides is 1. The minimum Gasteiger partial charge on any atom is -0.854 e. The zero-order chi connectivity index (χ0) is 24.0. The second-order valence-corrected chi connectivity index (χ2v) is 8.70. The highest BCUT2D eigenvalue weighted by Crippen LogP contribution is 2.45. The molecule has 3 aromatic rings. The number of nitrogens with zero attached hydrogens (tertiary/aromatic N) is 5. The van der Waals surface area contributed by atoms with Gasteiger partial charge in [0, 0.05) is 23.8 Å². The lowest BCUT2D eigenvalue weighted by atomic mass is 10.00. The van der Waals surface area contributed by atoms with Gasteiger partial charge >= 0.3 is 0 Å². The zero-order valence-electron chi connectivity index (χ0n) is 18.3. The van der Waals surface area contributed by atoms with Gasteiger partial charge in [-0.1, -0.05) is 35.5 Å². The van der Waals surface area contributed by atoms with Crippen LogP contribution in [0, 0.1) is 10.1 Å². The van der Waals surface area contributed by atoms with Crippen molar-refractivity contribution in [3.8, 4) is 28.6 Å². The molecule has 11 nitrogen and oxygen atoms in total. The van der Waals surface area contributed by atoms with E-state index in [1.165, 1.54) is 40.4 Å². The number of carbonyl (C=O) groups excluding carboxylic acids is 1. The topological polar surface area (TPSA) is 135 Å². The van der Waals surface area contributed by atoms with E-state index in [9.17, 15) is 20.0 Å². The van der Waals surface area contributed by atoms with Gasteiger partial charge in [-0.3, -0.25) is 14.9 Å². The van der Waals surface area contributed by atoms with Crippen LogP contribution in [0.5, 0.6) is 17.4 Å². The van der Waals surface area contributed by atoms with E-state index in [1.807, 2.05) is 6.92 Å². The molecule has 2 aliphatic rings. The third kappa shape index (κ3) is 3.46. The number of ether oxygens (including phenoxy) is 2. The normalized spacial score (nSPS) is 15.6. The summed E-state index contributed by atoms with van der Waals surface area (Å²) < 4.78 is 12.1. The SMILES string of the molecule is CCCSc1nc([O-])c2[n+](n1)C(c1cc3c(cc1[N+](=O)[O-])OCO3)N(C(C)=O)c1ccccc1-2. The number of nitro groups is 1. The second kappa shape index (κ2) is 8.45. The van der Waals surface area contributed by atoms with Gasteiger partial charge in [0.1, 0.15) is 5.56 Å². The van der Waals surface area contributed by atoms with Crippen LogP contribution in [-0.2, 0) is 4.79 Å². The molecule has 3 heterocycles. The van der Waals surface area contributed by atoms with Gasteiger partial charge < -0.3 is 14.6 Å². The summed E-state index contributed by atoms with van der Waals surface area (Å²) in [4.78, 5) is 30.0. The number of hydrogen-bond donors (Lipinski definition) is 0. The highest BCUT2D eigenvalue weighted by Gasteiger charge is 2.47. The summed E-state index contributed by atoms with van der Waals surface area (Å²) in [6.07, 6.45) is -0.280. The number of aromatic nitrogens is 3. The van der Waals surface area contributed by atoms with Crippen molar-refractivity contribution >= 4 is 29.0 Å². The molecule has 0 saturated carbocycles. The lowest BCUT2D eigenvalue weighted by molar-refractivity contribution is -0.764. The van der Waals surface area contributed by atoms with Crippen molar-refractivity contribution in [1.29, 1.82) is 0 Å². The molecule has 174 valence electrons. The van der Waals surface area contributed by atoms with Crippen molar-refractivity contribution in [2.75, 3.05) is 17.4 Å². The molecule has 2 aliphatic heterocycles. The minimum absolute atomic E-state index is 0.0751. The maximum absolute atomic E-state index is 13.2. The van der Waals surface area contributed by atoms with E-state index in [0.29, 0.717) is 22.8 Å². The maximum atomic E-state index is 13.2. The van der Waals surface area contributed by atoms with E-state index in [2.05, 4.69) is 10.1 Å². The van der Waals surface area contributed by atoms with Crippen molar-refractivity contribution in [2.45, 2.75) is 31.6 Å². The number of anilines is 1. The molecule has 5 rings (SSSR count). The molecule has 0 spiro atoms. The van der Waals surface area contributed by atoms with Crippen molar-refractivity contribution in [3.63, 3.8) is 0 Å². The fraction of sp³-hybridized carbons (Fsp3) is 0.273. The maximum Gasteiger partial charge on any atom is 0.299 e. The van der Waals surface area contributed by atoms with Crippen LogP contribution in [0.15, 0.2) is 41.6 Å². The number of nitro benzene ring substituents is 1. The summed E-state index contributed by atoms with van der Waals surface area (Å²) in [5.41, 5.74) is 0.892. The quantitative estimate of drug-likeness (QED) is 0.233. The molecule has 12 heteroatoms. The summed E-state index contributed by atoms with van der Waals surface area (Å²) in [6, 6.07) is 9.59. The highest BCUT2D eigenvalue weighted by molar-refractivity contribution is 7.99. The number of para-hydroxylation sites is 1. The van der Waals surface area contributed by atoms with Crippen molar-refractivity contribution in [2.24, 2.45) is 0 Å². The van der Waals surface area contributed by atoms with Crippen LogP contribution in [0.3, 0.4) is 0 Å². The standard InChI is InChI=1S/C22H19N5O6S/c1-3-8-34-22-23-20(29)19-13-6-4-5-7-15(13)25(12(2)28)21(26(19)24-22)14-9-17-18(33-11-32-17)10-16(14)27(30)31/h4-7,9-10,21H,3,8,11H2,1-2H3. The molecule has 0 radical (unpaired) electrons. The molecule has 0 N–H and O–H groups in total. The van der Waals surface area contributed by atoms with E-state index in [1.54, 1.807) is 24.3 Å². The molecular weight excluding hydrogens is 462 g/mol. The first-order valence-corrected chi connectivity index (χ1v) is 11.5. The summed E-state index contributed by atoms with van der Waals surface area (Å²) >= 11 is 1.30. The minimum atomic E-state index is -1.12. The average Bonchev–Trinajstić information content (AvgIpc) is 3.28. The first-order chi connectivity index (χ1) is 16.4. The van der Waals surface area contributed by atoms with Gasteiger partial charge in [-0.05, 0) is 18.6 Å². The third-order valence-electron chi connectivity index (χ3n) is 5.49. The van der Waals surface area contributed by atoms with E-state index in [0.717, 1.165) is 6.42 Å². The van der Waals surface area contributed by atoms with Gasteiger partial charge in [-0.25, -0.2) is 9.88 Å². The average molecular weight is 481 g/mol. The van der Waals surface area contributed by atoms with Crippen molar-refractivity contribution in [3.05, 3.63) is 52.1 Å². The largest absolute Gasteiger partial charge is 0.854 e. The van der Waals surface area contributed by atoms with E-state index in [-0.39, 0.29) is 40.6 Å². The molecule has 1 amide bonds. The predicted octanol–water partition coefficient (Wildman–Crippen LogP) is 2.56. The van der Waals surface area contributed by atoms with Crippen LogP contribution in [0.1, 0.15) is 32.0 Å². The number of fused-ring (bicyclic) bond motifs is 4. The van der Waals surface area contributed by atoms with Crippen molar-refractivity contribution < 1.29 is 29.0 Å². The summed E-state index contributed by atoms with van der Waals surface area (Å²) in [6.45, 7) is 3.28. The van der Waals surface area contributed by atoms with E-state index in [4.69, 9.17) is 9.47 Å². The Morgan fingerprint density at radius 1 is 1.29 bits per heavy atom. The van der Waals surface area contributed by atoms with Crippen LogP contribution in [-0.4, -0.2) is 33.5 Å². The smallest absolute Gasteiger partial charge is 0.299 e. The fourth-order valence-corrected chi connectivity index (χ4v) is 4.80. The highest BCUT2D eigenvalue weighted by atomic mass is 32.2. The Morgan fingerprint density at radius 2 is 2.03 bits per heavy atom. The Labute approximate surface area is 198 Å². The monoisotopic (exact) mass is 481 g/mol. The predicted molar refractivity (Wildman–Crippen MR) is 119 cm³/mol. The number of carbonyl (C=O) groups is 1. The Kier molecular flexibility index (Phi) is 5.44. The summed E-state index contributed by atoms with van der Waals surface area (Å²) in [5, 5.41) is 30.1. The Morgan fingerprint density at radius 3 is 2.74 bits per heavy atom. The lowest BCUT2D eigenvalue weighted by Crippen LogP contribution is -2.59. The molecule has 34 heavy (non-hydrogen) atoms. The molecule has 1 aromatic heterocycles. The summed E-state index contributed by atoms with van der Waals surface area (Å²) in [5.74, 6) is 0.314. The van der Waals surface area contributed by atoms with Gasteiger partial charge in [0.05, 0.1) is 28.1 Å². The van der Waals surface area contributed by atoms with Crippen LogP contribution >= 0.6 is 11.8 Å². The molecule has 1 atom stereocenters. The Hall–Kier alpha value is -3.93. The lowest BCUT2D eigenvalue weighted by Gasteiger charge is -2.32. The van der Waals surface area contributed by atoms with E-state index < -0.39 is 17.0 Å². The van der Waals surface area contributed by atoms with Crippen LogP contribution in [0.2, 0.25) is 0 Å². The van der Waals surface area contributed by atoms with Crippen LogP contribution in [0.25, 0.3) is 11.3 Å². The van der Waals surface area contributed by atoms with Gasteiger partial charge in [0.2, 0.25) is 12.7 Å². The first-order valence-electron chi connectivity index (χ1n) is 10.5. The zero-order valence-corrected chi connectivity index (χ0v) is 19.1. The van der Waals surface area contributed by atoms with Crippen LogP contribution in [0.4, 0.5) is 11.4 Å². The van der Waals surface area contributed by atoms with E-state index >= 15 is 0 Å². The van der Waals surface area contributed by atoms with Crippen molar-refractivity contribution in [1.82, 2.24) is 10.1 Å². The van der Waals surface area contributed by atoms with Gasteiger partial charge in [-0.15, -0.1) is 0 Å². The Balaban J connectivity index is 1.83. The third-order valence-corrected chi connectivity index (χ3v) is 6.53. The first kappa shape index (κ1) is 21.9. The van der Waals surface area contributed by atoms with Gasteiger partial charge in [0.15, 0.2) is 11.5 Å². The molecule has 0 aliphatic carbocycles. The molecule has 2 aromatic carbocycles. The molecule has 1 unspecified atom stereocenters. The Bertz CT molecular complexity index is 1330. The molecular formula is C22H19N5O6S. The number of hydrogen-bond acceptors (Lipinski definition) is 9. The number of rotatable bonds is 5. The molecule has 0 fully saturated rings. The number of thioether (sulfide) groups is 1. The molecule has 0 bridgehead atoms.